The molecule has 0 atom stereocenters. The molecule has 0 N–H and O–H groups in total. The van der Waals surface area contributed by atoms with Crippen LogP contribution >= 0.6 is 0 Å². The van der Waals surface area contributed by atoms with Gasteiger partial charge >= 0.3 is 0 Å². The van der Waals surface area contributed by atoms with Crippen molar-refractivity contribution in [2.75, 3.05) is 0 Å². The second kappa shape index (κ2) is 2.31. The summed E-state index contributed by atoms with van der Waals surface area (Å²) in [7, 11) is -0.138. The predicted octanol–water partition coefficient (Wildman–Crippen LogP) is 2.17. The minimum atomic E-state index is -0.138. The molecule has 0 aliphatic heterocycles. The van der Waals surface area contributed by atoms with Crippen molar-refractivity contribution in [2.45, 2.75) is 19.5 Å². The van der Waals surface area contributed by atoms with Crippen LogP contribution in [-0.2, 0) is 0 Å². The molecule has 0 unspecified atom stereocenters. The number of rotatable bonds is 1. The molecule has 8 heavy (non-hydrogen) atoms. The van der Waals surface area contributed by atoms with E-state index in [1.54, 1.807) is 5.20 Å². The van der Waals surface area contributed by atoms with E-state index in [0.717, 1.165) is 0 Å². The molecule has 1 heteroatoms. The Morgan fingerprint density at radius 2 is 2.25 bits per heavy atom. The standard InChI is InChI=1S/C7H11Si/c1-8(2)7-5-3-4-6-7/h3,5-6H,4H2,1-2H3. The lowest BCUT2D eigenvalue weighted by atomic mass is 10.5. The molecule has 0 aromatic carbocycles. The Labute approximate surface area is 52.5 Å². The highest BCUT2D eigenvalue weighted by atomic mass is 28.3. The van der Waals surface area contributed by atoms with Gasteiger partial charge in [-0.05, 0) is 6.42 Å². The minimum Gasteiger partial charge on any atom is -0.0818 e. The number of hydrogen-bond donors (Lipinski definition) is 0. The van der Waals surface area contributed by atoms with Gasteiger partial charge in [-0.3, -0.25) is 0 Å². The summed E-state index contributed by atoms with van der Waals surface area (Å²) in [6, 6.07) is 0. The van der Waals surface area contributed by atoms with E-state index >= 15 is 0 Å². The Bertz CT molecular complexity index is 131. The fraction of sp³-hybridized carbons (Fsp3) is 0.429. The maximum Gasteiger partial charge on any atom is 0.0787 e. The lowest BCUT2D eigenvalue weighted by molar-refractivity contribution is 1.45. The topological polar surface area (TPSA) is 0 Å². The molecule has 0 nitrogen and oxygen atoms in total. The van der Waals surface area contributed by atoms with Crippen molar-refractivity contribution >= 4 is 8.80 Å². The minimum absolute atomic E-state index is 0.138. The highest BCUT2D eigenvalue weighted by molar-refractivity contribution is 6.64. The van der Waals surface area contributed by atoms with E-state index < -0.39 is 0 Å². The van der Waals surface area contributed by atoms with Crippen LogP contribution in [0.1, 0.15) is 6.42 Å². The average molecular weight is 123 g/mol. The van der Waals surface area contributed by atoms with Crippen molar-refractivity contribution in [1.29, 1.82) is 0 Å². The van der Waals surface area contributed by atoms with Gasteiger partial charge in [-0.25, -0.2) is 0 Å². The zero-order valence-corrected chi connectivity index (χ0v) is 6.44. The van der Waals surface area contributed by atoms with Gasteiger partial charge < -0.3 is 0 Å². The fourth-order valence-electron chi connectivity index (χ4n) is 0.829. The zero-order chi connectivity index (χ0) is 5.98. The molecule has 1 aliphatic carbocycles. The van der Waals surface area contributed by atoms with Crippen molar-refractivity contribution in [3.63, 3.8) is 0 Å². The molecule has 0 spiro atoms. The molecular weight excluding hydrogens is 112 g/mol. The molecule has 0 heterocycles. The summed E-state index contributed by atoms with van der Waals surface area (Å²) in [6.07, 6.45) is 7.99. The Hall–Kier alpha value is -0.303. The van der Waals surface area contributed by atoms with Gasteiger partial charge in [0.25, 0.3) is 0 Å². The third-order valence-corrected chi connectivity index (χ3v) is 2.87. The molecule has 43 valence electrons. The smallest absolute Gasteiger partial charge is 0.0787 e. The molecule has 0 fully saturated rings. The summed E-state index contributed by atoms with van der Waals surface area (Å²) in [4.78, 5) is 0. The Kier molecular flexibility index (Phi) is 1.68. The molecule has 0 amide bonds. The SMILES string of the molecule is C[Si](C)C1=CCC=C1. The van der Waals surface area contributed by atoms with Gasteiger partial charge in [0, 0.05) is 0 Å². The van der Waals surface area contributed by atoms with Crippen LogP contribution in [0.4, 0.5) is 0 Å². The van der Waals surface area contributed by atoms with Gasteiger partial charge in [0.05, 0.1) is 8.80 Å². The van der Waals surface area contributed by atoms with Gasteiger partial charge in [0.1, 0.15) is 0 Å². The van der Waals surface area contributed by atoms with E-state index in [9.17, 15) is 0 Å². The highest BCUT2D eigenvalue weighted by Crippen LogP contribution is 2.11. The van der Waals surface area contributed by atoms with Crippen LogP contribution < -0.4 is 0 Å². The Balaban J connectivity index is 2.58. The first-order chi connectivity index (χ1) is 3.80. The number of hydrogen-bond acceptors (Lipinski definition) is 0. The first-order valence-corrected chi connectivity index (χ1v) is 5.48. The number of allylic oxidation sites excluding steroid dienone is 4. The monoisotopic (exact) mass is 123 g/mol. The molecule has 0 saturated heterocycles. The van der Waals surface area contributed by atoms with Crippen LogP contribution in [0, 0.1) is 0 Å². The molecule has 1 rings (SSSR count). The van der Waals surface area contributed by atoms with Gasteiger partial charge in [0.2, 0.25) is 0 Å². The molecule has 0 saturated carbocycles. The molecule has 0 bridgehead atoms. The fourth-order valence-corrected chi connectivity index (χ4v) is 1.81. The van der Waals surface area contributed by atoms with Crippen molar-refractivity contribution in [1.82, 2.24) is 0 Å². The van der Waals surface area contributed by atoms with Crippen LogP contribution in [0.25, 0.3) is 0 Å². The summed E-state index contributed by atoms with van der Waals surface area (Å²) in [5, 5.41) is 1.59. The normalized spacial score (nSPS) is 17.6. The second-order valence-electron chi connectivity index (χ2n) is 2.30. The van der Waals surface area contributed by atoms with Crippen LogP contribution in [0.15, 0.2) is 23.4 Å². The van der Waals surface area contributed by atoms with E-state index in [-0.39, 0.29) is 8.80 Å². The van der Waals surface area contributed by atoms with Gasteiger partial charge in [-0.2, -0.15) is 0 Å². The summed E-state index contributed by atoms with van der Waals surface area (Å²) in [6.45, 7) is 4.65. The summed E-state index contributed by atoms with van der Waals surface area (Å²) >= 11 is 0. The van der Waals surface area contributed by atoms with Gasteiger partial charge in [0.15, 0.2) is 0 Å². The summed E-state index contributed by atoms with van der Waals surface area (Å²) in [5.41, 5.74) is 0. The molecule has 1 radical (unpaired) electrons. The van der Waals surface area contributed by atoms with Crippen LogP contribution in [-0.4, -0.2) is 8.80 Å². The Morgan fingerprint density at radius 3 is 2.50 bits per heavy atom. The predicted molar refractivity (Wildman–Crippen MR) is 39.3 cm³/mol. The second-order valence-corrected chi connectivity index (χ2v) is 4.87. The van der Waals surface area contributed by atoms with Gasteiger partial charge in [-0.15, -0.1) is 0 Å². The summed E-state index contributed by atoms with van der Waals surface area (Å²) in [5.74, 6) is 0. The van der Waals surface area contributed by atoms with Crippen molar-refractivity contribution in [2.24, 2.45) is 0 Å². The van der Waals surface area contributed by atoms with Crippen LogP contribution in [0.3, 0.4) is 0 Å². The Morgan fingerprint density at radius 1 is 1.50 bits per heavy atom. The van der Waals surface area contributed by atoms with Gasteiger partial charge in [-0.1, -0.05) is 36.5 Å². The van der Waals surface area contributed by atoms with E-state index in [4.69, 9.17) is 0 Å². The largest absolute Gasteiger partial charge is 0.0818 e. The van der Waals surface area contributed by atoms with Crippen molar-refractivity contribution in [3.8, 4) is 0 Å². The molecule has 0 aromatic heterocycles. The maximum atomic E-state index is 2.33. The van der Waals surface area contributed by atoms with E-state index in [2.05, 4.69) is 31.3 Å². The molecule has 1 aliphatic rings. The van der Waals surface area contributed by atoms with E-state index in [1.807, 2.05) is 0 Å². The van der Waals surface area contributed by atoms with Crippen LogP contribution in [0.5, 0.6) is 0 Å². The quantitative estimate of drug-likeness (QED) is 0.469. The third kappa shape index (κ3) is 1.10. The summed E-state index contributed by atoms with van der Waals surface area (Å²) < 4.78 is 0. The third-order valence-electron chi connectivity index (χ3n) is 1.35. The maximum absolute atomic E-state index is 2.33. The van der Waals surface area contributed by atoms with Crippen molar-refractivity contribution < 1.29 is 0 Å². The highest BCUT2D eigenvalue weighted by Gasteiger charge is 2.02. The zero-order valence-electron chi connectivity index (χ0n) is 5.44. The first-order valence-electron chi connectivity index (χ1n) is 2.98. The lowest BCUT2D eigenvalue weighted by Crippen LogP contribution is -2.00. The van der Waals surface area contributed by atoms with E-state index in [0.29, 0.717) is 0 Å². The van der Waals surface area contributed by atoms with Crippen LogP contribution in [0.2, 0.25) is 13.1 Å². The molecular formula is C7H11Si. The molecule has 0 aromatic rings. The lowest BCUT2D eigenvalue weighted by Gasteiger charge is -1.97. The first kappa shape index (κ1) is 5.83. The average Bonchev–Trinajstić information content (AvgIpc) is 2.12. The van der Waals surface area contributed by atoms with Crippen molar-refractivity contribution in [3.05, 3.63) is 23.4 Å². The van der Waals surface area contributed by atoms with E-state index in [1.165, 1.54) is 6.42 Å².